The van der Waals surface area contributed by atoms with E-state index in [2.05, 4.69) is 4.74 Å². The number of nitrogen functional groups attached to an aromatic ring is 1. The van der Waals surface area contributed by atoms with E-state index in [4.69, 9.17) is 10.8 Å². The lowest BCUT2D eigenvalue weighted by atomic mass is 10.0. The highest BCUT2D eigenvalue weighted by atomic mass is 16.5. The SMILES string of the molecule is COC(=O)C(O)C(O)c1ccc(N)c(CO)c1. The Hall–Kier alpha value is -1.63. The van der Waals surface area contributed by atoms with Gasteiger partial charge in [0.1, 0.15) is 6.10 Å². The van der Waals surface area contributed by atoms with Crippen LogP contribution in [0.15, 0.2) is 18.2 Å². The zero-order valence-corrected chi connectivity index (χ0v) is 9.33. The van der Waals surface area contributed by atoms with E-state index in [1.807, 2.05) is 0 Å². The molecule has 1 aromatic carbocycles. The second-order valence-electron chi connectivity index (χ2n) is 3.53. The number of aliphatic hydroxyl groups excluding tert-OH is 3. The zero-order valence-electron chi connectivity index (χ0n) is 9.33. The van der Waals surface area contributed by atoms with Crippen molar-refractivity contribution < 1.29 is 24.9 Å². The molecule has 17 heavy (non-hydrogen) atoms. The Balaban J connectivity index is 2.96. The molecule has 0 aliphatic carbocycles. The summed E-state index contributed by atoms with van der Waals surface area (Å²) in [4.78, 5) is 11.0. The zero-order chi connectivity index (χ0) is 13.0. The fourth-order valence-corrected chi connectivity index (χ4v) is 1.38. The van der Waals surface area contributed by atoms with Gasteiger partial charge in [0.25, 0.3) is 0 Å². The molecule has 0 spiro atoms. The summed E-state index contributed by atoms with van der Waals surface area (Å²) in [7, 11) is 1.11. The Kier molecular flexibility index (Phi) is 4.45. The van der Waals surface area contributed by atoms with E-state index in [0.717, 1.165) is 7.11 Å². The van der Waals surface area contributed by atoms with Gasteiger partial charge in [-0.3, -0.25) is 0 Å². The molecule has 5 N–H and O–H groups in total. The monoisotopic (exact) mass is 241 g/mol. The number of aliphatic hydroxyl groups is 3. The first-order valence-electron chi connectivity index (χ1n) is 4.94. The standard InChI is InChI=1S/C11H15NO5/c1-17-11(16)10(15)9(14)6-2-3-8(12)7(4-6)5-13/h2-4,9-10,13-15H,5,12H2,1H3. The molecule has 1 aromatic rings. The number of hydrogen-bond acceptors (Lipinski definition) is 6. The van der Waals surface area contributed by atoms with Gasteiger partial charge in [-0.1, -0.05) is 6.07 Å². The predicted octanol–water partition coefficient (Wildman–Crippen LogP) is -0.672. The minimum absolute atomic E-state index is 0.279. The molecule has 0 aromatic heterocycles. The van der Waals surface area contributed by atoms with Gasteiger partial charge >= 0.3 is 5.97 Å². The van der Waals surface area contributed by atoms with Crippen molar-refractivity contribution in [2.24, 2.45) is 0 Å². The van der Waals surface area contributed by atoms with Gasteiger partial charge in [0.2, 0.25) is 0 Å². The van der Waals surface area contributed by atoms with Crippen LogP contribution in [0.1, 0.15) is 17.2 Å². The first-order chi connectivity index (χ1) is 8.01. The number of esters is 1. The van der Waals surface area contributed by atoms with E-state index in [0.29, 0.717) is 11.3 Å². The maximum atomic E-state index is 11.0. The summed E-state index contributed by atoms with van der Waals surface area (Å²) in [5.74, 6) is -0.931. The highest BCUT2D eigenvalue weighted by Crippen LogP contribution is 2.22. The molecule has 0 saturated carbocycles. The van der Waals surface area contributed by atoms with Crippen molar-refractivity contribution in [1.82, 2.24) is 0 Å². The molecule has 0 bridgehead atoms. The van der Waals surface area contributed by atoms with Crippen molar-refractivity contribution in [3.63, 3.8) is 0 Å². The maximum absolute atomic E-state index is 11.0. The summed E-state index contributed by atoms with van der Waals surface area (Å²) in [6, 6.07) is 4.37. The second-order valence-corrected chi connectivity index (χ2v) is 3.53. The summed E-state index contributed by atoms with van der Waals surface area (Å²) in [6.45, 7) is -0.291. The molecule has 1 rings (SSSR count). The fourth-order valence-electron chi connectivity index (χ4n) is 1.38. The van der Waals surface area contributed by atoms with E-state index in [-0.39, 0.29) is 12.2 Å². The summed E-state index contributed by atoms with van der Waals surface area (Å²) in [5, 5.41) is 28.2. The van der Waals surface area contributed by atoms with Crippen molar-refractivity contribution in [2.75, 3.05) is 12.8 Å². The summed E-state index contributed by atoms with van der Waals surface area (Å²) in [6.07, 6.45) is -3.09. The van der Waals surface area contributed by atoms with E-state index < -0.39 is 18.2 Å². The molecule has 94 valence electrons. The summed E-state index contributed by atoms with van der Waals surface area (Å²) >= 11 is 0. The van der Waals surface area contributed by atoms with Crippen LogP contribution >= 0.6 is 0 Å². The number of carbonyl (C=O) groups is 1. The van der Waals surface area contributed by atoms with Crippen LogP contribution in [0.2, 0.25) is 0 Å². The van der Waals surface area contributed by atoms with E-state index >= 15 is 0 Å². The van der Waals surface area contributed by atoms with Gasteiger partial charge in [0.05, 0.1) is 13.7 Å². The van der Waals surface area contributed by atoms with E-state index in [1.165, 1.54) is 18.2 Å². The first kappa shape index (κ1) is 13.4. The third-order valence-corrected chi connectivity index (χ3v) is 2.42. The van der Waals surface area contributed by atoms with Gasteiger partial charge in [0.15, 0.2) is 6.10 Å². The van der Waals surface area contributed by atoms with Crippen LogP contribution in [0.25, 0.3) is 0 Å². The quantitative estimate of drug-likeness (QED) is 0.410. The molecule has 0 radical (unpaired) electrons. The lowest BCUT2D eigenvalue weighted by Gasteiger charge is -2.17. The highest BCUT2D eigenvalue weighted by Gasteiger charge is 2.26. The van der Waals surface area contributed by atoms with Crippen molar-refractivity contribution in [1.29, 1.82) is 0 Å². The Morgan fingerprint density at radius 3 is 2.65 bits per heavy atom. The molecular formula is C11H15NO5. The van der Waals surface area contributed by atoms with E-state index in [9.17, 15) is 15.0 Å². The molecule has 0 aliphatic rings. The van der Waals surface area contributed by atoms with Crippen molar-refractivity contribution in [3.8, 4) is 0 Å². The van der Waals surface area contributed by atoms with Gasteiger partial charge in [0, 0.05) is 11.3 Å². The lowest BCUT2D eigenvalue weighted by molar-refractivity contribution is -0.156. The van der Waals surface area contributed by atoms with Crippen LogP contribution in [0.3, 0.4) is 0 Å². The minimum Gasteiger partial charge on any atom is -0.467 e. The number of hydrogen-bond donors (Lipinski definition) is 4. The second kappa shape index (κ2) is 5.62. The third kappa shape index (κ3) is 2.94. The van der Waals surface area contributed by atoms with Crippen LogP contribution in [0.4, 0.5) is 5.69 Å². The van der Waals surface area contributed by atoms with Crippen LogP contribution in [0, 0.1) is 0 Å². The van der Waals surface area contributed by atoms with Gasteiger partial charge in [-0.25, -0.2) is 4.79 Å². The number of carbonyl (C=O) groups excluding carboxylic acids is 1. The topological polar surface area (TPSA) is 113 Å². The number of rotatable bonds is 4. The largest absolute Gasteiger partial charge is 0.467 e. The third-order valence-electron chi connectivity index (χ3n) is 2.42. The van der Waals surface area contributed by atoms with Crippen LogP contribution in [-0.2, 0) is 16.1 Å². The van der Waals surface area contributed by atoms with E-state index in [1.54, 1.807) is 0 Å². The van der Waals surface area contributed by atoms with Crippen LogP contribution < -0.4 is 5.73 Å². The molecule has 0 aliphatic heterocycles. The van der Waals surface area contributed by atoms with Crippen molar-refractivity contribution in [2.45, 2.75) is 18.8 Å². The Labute approximate surface area is 98.3 Å². The number of ether oxygens (including phenoxy) is 1. The van der Waals surface area contributed by atoms with Gasteiger partial charge < -0.3 is 25.8 Å². The average molecular weight is 241 g/mol. The number of anilines is 1. The van der Waals surface area contributed by atoms with Crippen LogP contribution in [0.5, 0.6) is 0 Å². The molecule has 0 heterocycles. The Bertz CT molecular complexity index is 407. The summed E-state index contributed by atoms with van der Waals surface area (Å²) in [5.41, 5.74) is 6.63. The minimum atomic E-state index is -1.67. The number of methoxy groups -OCH3 is 1. The molecule has 0 amide bonds. The first-order valence-corrected chi connectivity index (χ1v) is 4.94. The lowest BCUT2D eigenvalue weighted by Crippen LogP contribution is -2.29. The van der Waals surface area contributed by atoms with Gasteiger partial charge in [-0.05, 0) is 17.7 Å². The average Bonchev–Trinajstić information content (AvgIpc) is 2.36. The van der Waals surface area contributed by atoms with Crippen molar-refractivity contribution in [3.05, 3.63) is 29.3 Å². The van der Waals surface area contributed by atoms with Crippen LogP contribution in [-0.4, -0.2) is 34.5 Å². The fraction of sp³-hybridized carbons (Fsp3) is 0.364. The maximum Gasteiger partial charge on any atom is 0.337 e. The van der Waals surface area contributed by atoms with Gasteiger partial charge in [-0.15, -0.1) is 0 Å². The summed E-state index contributed by atoms with van der Waals surface area (Å²) < 4.78 is 4.31. The van der Waals surface area contributed by atoms with Crippen molar-refractivity contribution >= 4 is 11.7 Å². The number of nitrogens with two attached hydrogens (primary N) is 1. The molecule has 2 unspecified atom stereocenters. The smallest absolute Gasteiger partial charge is 0.337 e. The Morgan fingerprint density at radius 2 is 2.12 bits per heavy atom. The number of benzene rings is 1. The van der Waals surface area contributed by atoms with Gasteiger partial charge in [-0.2, -0.15) is 0 Å². The molecule has 2 atom stereocenters. The Morgan fingerprint density at radius 1 is 1.47 bits per heavy atom. The predicted molar refractivity (Wildman–Crippen MR) is 59.8 cm³/mol. The molecule has 6 nitrogen and oxygen atoms in total. The highest BCUT2D eigenvalue weighted by molar-refractivity contribution is 5.75. The molecule has 6 heteroatoms. The molecule has 0 fully saturated rings. The normalized spacial score (nSPS) is 14.1. The molecule has 0 saturated heterocycles. The molecular weight excluding hydrogens is 226 g/mol.